The average Bonchev–Trinajstić information content (AvgIpc) is 3.39. The maximum Gasteiger partial charge on any atom is 0.154 e. The zero-order valence-corrected chi connectivity index (χ0v) is 16.2. The lowest BCUT2D eigenvalue weighted by Gasteiger charge is -2.31. The maximum atomic E-state index is 8.93. The Morgan fingerprint density at radius 3 is 2.54 bits per heavy atom. The van der Waals surface area contributed by atoms with Gasteiger partial charge in [0.1, 0.15) is 12.4 Å². The van der Waals surface area contributed by atoms with E-state index in [1.807, 2.05) is 29.1 Å². The predicted octanol–water partition coefficient (Wildman–Crippen LogP) is 2.79. The van der Waals surface area contributed by atoms with Crippen LogP contribution < -0.4 is 0 Å². The van der Waals surface area contributed by atoms with Gasteiger partial charge in [-0.1, -0.05) is 12.1 Å². The summed E-state index contributed by atoms with van der Waals surface area (Å²) >= 11 is 0. The van der Waals surface area contributed by atoms with E-state index >= 15 is 0 Å². The molecule has 3 aromatic rings. The van der Waals surface area contributed by atoms with Crippen LogP contribution >= 0.6 is 0 Å². The van der Waals surface area contributed by atoms with Gasteiger partial charge in [0.05, 0.1) is 11.6 Å². The number of rotatable bonds is 6. The maximum absolute atomic E-state index is 8.93. The fourth-order valence-electron chi connectivity index (χ4n) is 3.94. The molecule has 0 amide bonds. The van der Waals surface area contributed by atoms with Crippen molar-refractivity contribution < 1.29 is 0 Å². The molecule has 3 heterocycles. The zero-order valence-electron chi connectivity index (χ0n) is 16.2. The van der Waals surface area contributed by atoms with Crippen LogP contribution in [0, 0.1) is 11.3 Å². The monoisotopic (exact) mass is 375 g/mol. The number of nitrogens with zero attached hydrogens (tertiary/aromatic N) is 7. The van der Waals surface area contributed by atoms with Crippen molar-refractivity contribution in [1.29, 1.82) is 5.26 Å². The summed E-state index contributed by atoms with van der Waals surface area (Å²) in [4.78, 5) is 2.48. The molecule has 1 fully saturated rings. The molecule has 0 atom stereocenters. The summed E-state index contributed by atoms with van der Waals surface area (Å²) in [5, 5.41) is 22.2. The van der Waals surface area contributed by atoms with Crippen LogP contribution in [-0.2, 0) is 19.6 Å². The lowest BCUT2D eigenvalue weighted by atomic mass is 9.95. The van der Waals surface area contributed by atoms with Crippen molar-refractivity contribution in [3.05, 3.63) is 65.5 Å². The second-order valence-corrected chi connectivity index (χ2v) is 7.28. The minimum atomic E-state index is 0.455. The fraction of sp³-hybridized carbons (Fsp3) is 0.429. The van der Waals surface area contributed by atoms with Gasteiger partial charge in [0.25, 0.3) is 0 Å². The van der Waals surface area contributed by atoms with Crippen LogP contribution in [-0.4, -0.2) is 42.5 Å². The van der Waals surface area contributed by atoms with Crippen LogP contribution in [0.1, 0.15) is 48.5 Å². The van der Waals surface area contributed by atoms with E-state index in [0.717, 1.165) is 50.7 Å². The van der Waals surface area contributed by atoms with E-state index in [1.165, 1.54) is 5.56 Å². The standard InChI is InChI=1S/C21H25N7/c1-2-28-20(16-27-11-3-10-23-27)24-25-21(28)19-8-12-26(13-9-19)15-18-6-4-17(14-22)5-7-18/h3-7,10-11,19H,2,8-9,12-13,15-16H2,1H3. The largest absolute Gasteiger partial charge is 0.313 e. The smallest absolute Gasteiger partial charge is 0.154 e. The van der Waals surface area contributed by atoms with Crippen molar-refractivity contribution in [2.45, 2.75) is 45.3 Å². The molecule has 4 rings (SSSR count). The molecule has 1 saturated heterocycles. The molecule has 28 heavy (non-hydrogen) atoms. The van der Waals surface area contributed by atoms with Crippen molar-refractivity contribution in [1.82, 2.24) is 29.4 Å². The van der Waals surface area contributed by atoms with Gasteiger partial charge in [-0.3, -0.25) is 9.58 Å². The Hall–Kier alpha value is -2.98. The van der Waals surface area contributed by atoms with Gasteiger partial charge in [0.15, 0.2) is 5.82 Å². The van der Waals surface area contributed by atoms with E-state index in [-0.39, 0.29) is 0 Å². The molecule has 0 N–H and O–H groups in total. The van der Waals surface area contributed by atoms with E-state index in [1.54, 1.807) is 6.20 Å². The SMILES string of the molecule is CCn1c(Cn2cccn2)nnc1C1CCN(Cc2ccc(C#N)cc2)CC1. The molecule has 1 aromatic carbocycles. The van der Waals surface area contributed by atoms with Crippen LogP contribution in [0.4, 0.5) is 0 Å². The van der Waals surface area contributed by atoms with Crippen LogP contribution in [0.3, 0.4) is 0 Å². The Balaban J connectivity index is 1.38. The zero-order chi connectivity index (χ0) is 19.3. The Morgan fingerprint density at radius 2 is 1.89 bits per heavy atom. The molecule has 0 bridgehead atoms. The van der Waals surface area contributed by atoms with Crippen LogP contribution in [0.2, 0.25) is 0 Å². The lowest BCUT2D eigenvalue weighted by Crippen LogP contribution is -2.33. The van der Waals surface area contributed by atoms with Gasteiger partial charge in [-0.15, -0.1) is 10.2 Å². The first-order chi connectivity index (χ1) is 13.8. The van der Waals surface area contributed by atoms with Crippen LogP contribution in [0.5, 0.6) is 0 Å². The Labute approximate surface area is 165 Å². The van der Waals surface area contributed by atoms with Crippen molar-refractivity contribution in [3.63, 3.8) is 0 Å². The summed E-state index contributed by atoms with van der Waals surface area (Å²) in [6, 6.07) is 12.0. The molecule has 0 aliphatic carbocycles. The Morgan fingerprint density at radius 1 is 1.11 bits per heavy atom. The summed E-state index contributed by atoms with van der Waals surface area (Å²) < 4.78 is 4.14. The van der Waals surface area contributed by atoms with Crippen LogP contribution in [0.25, 0.3) is 0 Å². The molecule has 1 aliphatic rings. The number of hydrogen-bond acceptors (Lipinski definition) is 5. The lowest BCUT2D eigenvalue weighted by molar-refractivity contribution is 0.200. The first-order valence-corrected chi connectivity index (χ1v) is 9.87. The van der Waals surface area contributed by atoms with E-state index in [9.17, 15) is 0 Å². The summed E-state index contributed by atoms with van der Waals surface area (Å²) in [5.41, 5.74) is 1.97. The molecule has 2 aromatic heterocycles. The fourth-order valence-corrected chi connectivity index (χ4v) is 3.94. The van der Waals surface area contributed by atoms with Crippen molar-refractivity contribution in [2.24, 2.45) is 0 Å². The summed E-state index contributed by atoms with van der Waals surface area (Å²) in [5.74, 6) is 2.54. The molecular weight excluding hydrogens is 350 g/mol. The van der Waals surface area contributed by atoms with E-state index < -0.39 is 0 Å². The third-order valence-electron chi connectivity index (χ3n) is 5.48. The molecular formula is C21H25N7. The Bertz CT molecular complexity index is 926. The molecule has 7 heteroatoms. The topological polar surface area (TPSA) is 75.6 Å². The van der Waals surface area contributed by atoms with E-state index in [2.05, 4.69) is 49.9 Å². The van der Waals surface area contributed by atoms with E-state index in [0.29, 0.717) is 18.0 Å². The second-order valence-electron chi connectivity index (χ2n) is 7.28. The highest BCUT2D eigenvalue weighted by Crippen LogP contribution is 2.28. The first-order valence-electron chi connectivity index (χ1n) is 9.87. The number of likely N-dealkylation sites (tertiary alicyclic amines) is 1. The third-order valence-corrected chi connectivity index (χ3v) is 5.48. The quantitative estimate of drug-likeness (QED) is 0.662. The average molecular weight is 375 g/mol. The third kappa shape index (κ3) is 3.97. The van der Waals surface area contributed by atoms with E-state index in [4.69, 9.17) is 5.26 Å². The number of nitriles is 1. The van der Waals surface area contributed by atoms with Gasteiger partial charge in [0, 0.05) is 31.4 Å². The number of benzene rings is 1. The minimum absolute atomic E-state index is 0.455. The van der Waals surface area contributed by atoms with Gasteiger partial charge in [-0.05, 0) is 56.6 Å². The van der Waals surface area contributed by atoms with Crippen LogP contribution in [0.15, 0.2) is 42.7 Å². The number of piperidine rings is 1. The molecule has 0 unspecified atom stereocenters. The van der Waals surface area contributed by atoms with Gasteiger partial charge in [-0.2, -0.15) is 10.4 Å². The number of hydrogen-bond donors (Lipinski definition) is 0. The molecule has 144 valence electrons. The van der Waals surface area contributed by atoms with Crippen molar-refractivity contribution in [2.75, 3.05) is 13.1 Å². The Kier molecular flexibility index (Phi) is 5.49. The highest BCUT2D eigenvalue weighted by Gasteiger charge is 2.26. The molecule has 0 saturated carbocycles. The molecule has 7 nitrogen and oxygen atoms in total. The highest BCUT2D eigenvalue weighted by atomic mass is 15.3. The van der Waals surface area contributed by atoms with Gasteiger partial charge < -0.3 is 4.57 Å². The minimum Gasteiger partial charge on any atom is -0.313 e. The van der Waals surface area contributed by atoms with Gasteiger partial charge >= 0.3 is 0 Å². The van der Waals surface area contributed by atoms with Crippen molar-refractivity contribution in [3.8, 4) is 6.07 Å². The highest BCUT2D eigenvalue weighted by molar-refractivity contribution is 5.31. The van der Waals surface area contributed by atoms with Gasteiger partial charge in [-0.25, -0.2) is 0 Å². The normalized spacial score (nSPS) is 15.6. The van der Waals surface area contributed by atoms with Crippen molar-refractivity contribution >= 4 is 0 Å². The summed E-state index contributed by atoms with van der Waals surface area (Å²) in [7, 11) is 0. The molecule has 0 radical (unpaired) electrons. The van der Waals surface area contributed by atoms with Gasteiger partial charge in [0.2, 0.25) is 0 Å². The predicted molar refractivity (Wildman–Crippen MR) is 105 cm³/mol. The molecule has 1 aliphatic heterocycles. The first kappa shape index (κ1) is 18.4. The summed E-state index contributed by atoms with van der Waals surface area (Å²) in [6.07, 6.45) is 5.93. The summed E-state index contributed by atoms with van der Waals surface area (Å²) in [6.45, 7) is 6.73. The second kappa shape index (κ2) is 8.36. The molecule has 0 spiro atoms. The number of aromatic nitrogens is 5.